The molecule has 0 bridgehead atoms. The van der Waals surface area contributed by atoms with Gasteiger partial charge in [0.2, 0.25) is 0 Å². The molecule has 0 saturated heterocycles. The van der Waals surface area contributed by atoms with Crippen molar-refractivity contribution in [1.29, 1.82) is 0 Å². The van der Waals surface area contributed by atoms with Gasteiger partial charge in [0.15, 0.2) is 0 Å². The number of ether oxygens (including phenoxy) is 1. The molecule has 2 nitrogen and oxygen atoms in total. The normalized spacial score (nSPS) is 28.1. The van der Waals surface area contributed by atoms with Gasteiger partial charge in [-0.2, -0.15) is 13.2 Å². The lowest BCUT2D eigenvalue weighted by molar-refractivity contribution is -0.189. The van der Waals surface area contributed by atoms with E-state index in [1.54, 1.807) is 7.11 Å². The molecule has 1 saturated carbocycles. The summed E-state index contributed by atoms with van der Waals surface area (Å²) in [4.78, 5) is 0. The molecule has 0 aliphatic heterocycles. The van der Waals surface area contributed by atoms with Gasteiger partial charge in [-0.15, -0.1) is 0 Å². The summed E-state index contributed by atoms with van der Waals surface area (Å²) in [5, 5.41) is 3.06. The first kappa shape index (κ1) is 14.8. The summed E-state index contributed by atoms with van der Waals surface area (Å²) in [6.07, 6.45) is -1.59. The number of halogens is 3. The van der Waals surface area contributed by atoms with Crippen LogP contribution in [0.4, 0.5) is 13.2 Å². The fourth-order valence-electron chi connectivity index (χ4n) is 2.46. The number of hydrogen-bond donors (Lipinski definition) is 1. The Bertz CT molecular complexity index is 220. The van der Waals surface area contributed by atoms with E-state index in [2.05, 4.69) is 5.32 Å². The van der Waals surface area contributed by atoms with E-state index in [1.807, 2.05) is 6.92 Å². The van der Waals surface area contributed by atoms with E-state index >= 15 is 0 Å². The molecule has 0 heterocycles. The molecule has 0 aromatic carbocycles. The predicted octanol–water partition coefficient (Wildman–Crippen LogP) is 2.98. The summed E-state index contributed by atoms with van der Waals surface area (Å²) in [6.45, 7) is 3.14. The molecule has 0 radical (unpaired) electrons. The highest BCUT2D eigenvalue weighted by Gasteiger charge is 2.45. The number of rotatable bonds is 5. The molecule has 0 aromatic rings. The van der Waals surface area contributed by atoms with Crippen molar-refractivity contribution in [3.8, 4) is 0 Å². The van der Waals surface area contributed by atoms with Crippen LogP contribution in [0.5, 0.6) is 0 Å². The largest absolute Gasteiger partial charge is 0.393 e. The topological polar surface area (TPSA) is 21.3 Å². The zero-order valence-corrected chi connectivity index (χ0v) is 10.5. The van der Waals surface area contributed by atoms with E-state index in [4.69, 9.17) is 4.74 Å². The molecule has 3 atom stereocenters. The molecule has 0 amide bonds. The van der Waals surface area contributed by atoms with Crippen LogP contribution >= 0.6 is 0 Å². The summed E-state index contributed by atoms with van der Waals surface area (Å²) in [5.74, 6) is -0.929. The maximum atomic E-state index is 12.8. The fraction of sp³-hybridized carbons (Fsp3) is 1.00. The van der Waals surface area contributed by atoms with E-state index < -0.39 is 18.1 Å². The Balaban J connectivity index is 2.43. The second-order valence-electron chi connectivity index (χ2n) is 5.01. The van der Waals surface area contributed by atoms with Crippen LogP contribution in [0, 0.1) is 11.8 Å². The highest BCUT2D eigenvalue weighted by atomic mass is 19.4. The molecule has 3 unspecified atom stereocenters. The molecular formula is C12H22F3NO. The van der Waals surface area contributed by atoms with E-state index in [1.165, 1.54) is 0 Å². The van der Waals surface area contributed by atoms with E-state index in [0.29, 0.717) is 26.0 Å². The predicted molar refractivity (Wildman–Crippen MR) is 60.8 cm³/mol. The summed E-state index contributed by atoms with van der Waals surface area (Å²) < 4.78 is 43.4. The monoisotopic (exact) mass is 253 g/mol. The number of alkyl halides is 3. The maximum Gasteiger partial charge on any atom is 0.393 e. The number of nitrogens with one attached hydrogen (secondary N) is 1. The van der Waals surface area contributed by atoms with Gasteiger partial charge < -0.3 is 10.1 Å². The molecule has 1 fully saturated rings. The molecule has 5 heteroatoms. The van der Waals surface area contributed by atoms with Gasteiger partial charge >= 0.3 is 6.18 Å². The third kappa shape index (κ3) is 4.84. The molecule has 17 heavy (non-hydrogen) atoms. The van der Waals surface area contributed by atoms with E-state index in [9.17, 15) is 13.2 Å². The van der Waals surface area contributed by atoms with Crippen molar-refractivity contribution in [2.45, 2.75) is 44.8 Å². The SMILES string of the molecule is COCC(C)CNC1CCCCC1C(F)(F)F. The van der Waals surface area contributed by atoms with Gasteiger partial charge in [-0.25, -0.2) is 0 Å². The van der Waals surface area contributed by atoms with Crippen LogP contribution in [-0.2, 0) is 4.74 Å². The van der Waals surface area contributed by atoms with Gasteiger partial charge in [-0.3, -0.25) is 0 Å². The van der Waals surface area contributed by atoms with Gasteiger partial charge in [-0.05, 0) is 18.8 Å². The second-order valence-corrected chi connectivity index (χ2v) is 5.01. The third-order valence-corrected chi connectivity index (χ3v) is 3.37. The molecular weight excluding hydrogens is 231 g/mol. The first-order valence-electron chi connectivity index (χ1n) is 6.24. The minimum atomic E-state index is -4.07. The second kappa shape index (κ2) is 6.59. The minimum absolute atomic E-state index is 0.246. The lowest BCUT2D eigenvalue weighted by Gasteiger charge is -2.34. The van der Waals surface area contributed by atoms with Crippen LogP contribution in [0.25, 0.3) is 0 Å². The Morgan fingerprint density at radius 1 is 1.29 bits per heavy atom. The van der Waals surface area contributed by atoms with Gasteiger partial charge in [-0.1, -0.05) is 19.8 Å². The van der Waals surface area contributed by atoms with Crippen molar-refractivity contribution in [2.75, 3.05) is 20.3 Å². The Labute approximate surface area is 101 Å². The average molecular weight is 253 g/mol. The highest BCUT2D eigenvalue weighted by molar-refractivity contribution is 4.85. The van der Waals surface area contributed by atoms with Crippen molar-refractivity contribution < 1.29 is 17.9 Å². The smallest absolute Gasteiger partial charge is 0.384 e. The molecule has 0 aromatic heterocycles. The van der Waals surface area contributed by atoms with Crippen molar-refractivity contribution in [2.24, 2.45) is 11.8 Å². The van der Waals surface area contributed by atoms with Crippen molar-refractivity contribution in [3.63, 3.8) is 0 Å². The Morgan fingerprint density at radius 2 is 1.94 bits per heavy atom. The fourth-order valence-corrected chi connectivity index (χ4v) is 2.46. The third-order valence-electron chi connectivity index (χ3n) is 3.37. The number of hydrogen-bond acceptors (Lipinski definition) is 2. The van der Waals surface area contributed by atoms with Crippen LogP contribution < -0.4 is 5.32 Å². The van der Waals surface area contributed by atoms with E-state index in [-0.39, 0.29) is 12.3 Å². The van der Waals surface area contributed by atoms with Crippen molar-refractivity contribution in [3.05, 3.63) is 0 Å². The zero-order chi connectivity index (χ0) is 12.9. The highest BCUT2D eigenvalue weighted by Crippen LogP contribution is 2.37. The van der Waals surface area contributed by atoms with Crippen LogP contribution in [0.15, 0.2) is 0 Å². The summed E-state index contributed by atoms with van der Waals surface area (Å²) >= 11 is 0. The molecule has 0 spiro atoms. The van der Waals surface area contributed by atoms with Crippen LogP contribution in [-0.4, -0.2) is 32.5 Å². The molecule has 1 N–H and O–H groups in total. The lowest BCUT2D eigenvalue weighted by atomic mass is 9.84. The van der Waals surface area contributed by atoms with Crippen molar-refractivity contribution in [1.82, 2.24) is 5.32 Å². The van der Waals surface area contributed by atoms with Gasteiger partial charge in [0.1, 0.15) is 0 Å². The van der Waals surface area contributed by atoms with Crippen LogP contribution in [0.3, 0.4) is 0 Å². The van der Waals surface area contributed by atoms with E-state index in [0.717, 1.165) is 6.42 Å². The Morgan fingerprint density at radius 3 is 2.53 bits per heavy atom. The summed E-state index contributed by atoms with van der Waals surface area (Å²) in [7, 11) is 1.61. The lowest BCUT2D eigenvalue weighted by Crippen LogP contribution is -2.46. The molecule has 1 rings (SSSR count). The van der Waals surface area contributed by atoms with Crippen LogP contribution in [0.2, 0.25) is 0 Å². The maximum absolute atomic E-state index is 12.8. The van der Waals surface area contributed by atoms with Crippen LogP contribution in [0.1, 0.15) is 32.6 Å². The molecule has 1 aliphatic rings. The van der Waals surface area contributed by atoms with Gasteiger partial charge in [0, 0.05) is 26.3 Å². The first-order valence-corrected chi connectivity index (χ1v) is 6.24. The minimum Gasteiger partial charge on any atom is -0.384 e. The zero-order valence-electron chi connectivity index (χ0n) is 10.5. The number of methoxy groups -OCH3 is 1. The standard InChI is InChI=1S/C12H22F3NO/c1-9(8-17-2)7-16-11-6-4-3-5-10(11)12(13,14)15/h9-11,16H,3-8H2,1-2H3. The summed E-state index contributed by atoms with van der Waals surface area (Å²) in [6, 6.07) is -0.414. The average Bonchev–Trinajstić information content (AvgIpc) is 2.26. The summed E-state index contributed by atoms with van der Waals surface area (Å²) in [5.41, 5.74) is 0. The quantitative estimate of drug-likeness (QED) is 0.813. The van der Waals surface area contributed by atoms with Crippen molar-refractivity contribution >= 4 is 0 Å². The Kier molecular flexibility index (Phi) is 5.73. The molecule has 1 aliphatic carbocycles. The van der Waals surface area contributed by atoms with Gasteiger partial charge in [0.25, 0.3) is 0 Å². The van der Waals surface area contributed by atoms with Gasteiger partial charge in [0.05, 0.1) is 5.92 Å². The molecule has 102 valence electrons. The first-order chi connectivity index (χ1) is 7.95. The Hall–Kier alpha value is -0.290.